The topological polar surface area (TPSA) is 138 Å². The number of methoxy groups -OCH3 is 2. The van der Waals surface area contributed by atoms with Gasteiger partial charge in [0.2, 0.25) is 11.8 Å². The molecule has 5 aromatic heterocycles. The zero-order chi connectivity index (χ0) is 38.8. The minimum Gasteiger partial charge on any atom is -0.481 e. The van der Waals surface area contributed by atoms with E-state index in [1.165, 1.54) is 0 Å². The van der Waals surface area contributed by atoms with Crippen molar-refractivity contribution in [1.29, 1.82) is 0 Å². The van der Waals surface area contributed by atoms with E-state index in [-0.39, 0.29) is 24.0 Å². The molecule has 2 saturated heterocycles. The summed E-state index contributed by atoms with van der Waals surface area (Å²) in [5, 5.41) is 10.8. The Bertz CT molecular complexity index is 2090. The number of fused-ring (bicyclic) bond motifs is 2. The second-order valence-electron chi connectivity index (χ2n) is 15.5. The number of hydrogen-bond acceptors (Lipinski definition) is 11. The molecule has 2 aliphatic heterocycles. The molecule has 5 aromatic rings. The molecule has 0 N–H and O–H groups in total. The predicted molar refractivity (Wildman–Crippen MR) is 210 cm³/mol. The number of rotatable bonds is 5. The smallest absolute Gasteiger partial charge is 0.410 e. The molecule has 0 aliphatic carbocycles. The SMILES string of the molecule is COc1cc(C2CCCN(C(=O)OC(C)(C)C)C2)nc2c(-c3cccs3)cnn12.COc1cc(C2CCCN(C(=O)OC(C)(C)C)C2)nc2c(Br)cnn12. The first-order valence-corrected chi connectivity index (χ1v) is 19.8. The summed E-state index contributed by atoms with van der Waals surface area (Å²) in [5.74, 6) is 1.53. The molecule has 0 bridgehead atoms. The first-order valence-electron chi connectivity index (χ1n) is 18.1. The van der Waals surface area contributed by atoms with Gasteiger partial charge in [-0.2, -0.15) is 19.2 Å². The summed E-state index contributed by atoms with van der Waals surface area (Å²) in [6, 6.07) is 7.91. The third-order valence-corrected chi connectivity index (χ3v) is 10.5. The number of ether oxygens (including phenoxy) is 4. The van der Waals surface area contributed by atoms with Crippen LogP contribution < -0.4 is 9.47 Å². The van der Waals surface area contributed by atoms with Gasteiger partial charge in [-0.1, -0.05) is 6.07 Å². The van der Waals surface area contributed by atoms with Crippen molar-refractivity contribution in [2.45, 2.75) is 90.3 Å². The molecule has 2 amide bonds. The number of aromatic nitrogens is 6. The summed E-state index contributed by atoms with van der Waals surface area (Å²) in [5.41, 5.74) is 3.30. The number of amides is 2. The summed E-state index contributed by atoms with van der Waals surface area (Å²) >= 11 is 5.13. The Morgan fingerprint density at radius 2 is 1.28 bits per heavy atom. The van der Waals surface area contributed by atoms with Crippen LogP contribution in [0.2, 0.25) is 0 Å². The molecular weight excluding hydrogens is 776 g/mol. The minimum absolute atomic E-state index is 0.126. The quantitative estimate of drug-likeness (QED) is 0.171. The number of hydrogen-bond donors (Lipinski definition) is 0. The van der Waals surface area contributed by atoms with Crippen LogP contribution in [0.3, 0.4) is 0 Å². The van der Waals surface area contributed by atoms with Crippen LogP contribution in [0.1, 0.15) is 90.4 Å². The maximum Gasteiger partial charge on any atom is 0.410 e. The number of carbonyl (C=O) groups excluding carboxylic acids is 2. The zero-order valence-corrected chi connectivity index (χ0v) is 34.6. The van der Waals surface area contributed by atoms with E-state index in [1.807, 2.05) is 71.3 Å². The van der Waals surface area contributed by atoms with Crippen LogP contribution in [0.4, 0.5) is 9.59 Å². The third-order valence-electron chi connectivity index (χ3n) is 9.06. The van der Waals surface area contributed by atoms with E-state index in [2.05, 4.69) is 32.2 Å². The summed E-state index contributed by atoms with van der Waals surface area (Å²) in [6.45, 7) is 13.9. The molecule has 2 atom stereocenters. The first kappa shape index (κ1) is 39.3. The standard InChI is InChI=1S/C21H26N4O3S.C17H23BrN4O3/c1-21(2,3)28-20(26)24-9-5-7-14(13-24)16-11-18(27-4)25-19(23-16)15(12-22-25)17-8-6-10-29-17;1-17(2,3)25-16(23)21-7-5-6-11(10-21)13-8-14(24-4)22-15(20-13)12(18)9-19-22/h6,8,10-12,14H,5,7,9,13H2,1-4H3;8-9,11H,5-7,10H2,1-4H3. The molecule has 0 aromatic carbocycles. The van der Waals surface area contributed by atoms with Crippen LogP contribution in [-0.4, -0.2) is 103 Å². The first-order chi connectivity index (χ1) is 25.6. The van der Waals surface area contributed by atoms with Crippen LogP contribution in [-0.2, 0) is 9.47 Å². The molecule has 7 heterocycles. The Balaban J connectivity index is 0.000000186. The average Bonchev–Trinajstić information content (AvgIpc) is 3.90. The van der Waals surface area contributed by atoms with Gasteiger partial charge >= 0.3 is 12.2 Å². The molecule has 2 unspecified atom stereocenters. The molecule has 0 spiro atoms. The maximum atomic E-state index is 12.5. The highest BCUT2D eigenvalue weighted by Gasteiger charge is 2.31. The molecule has 0 radical (unpaired) electrons. The number of thiophene rings is 1. The van der Waals surface area contributed by atoms with Gasteiger partial charge in [-0.05, 0) is 94.6 Å². The van der Waals surface area contributed by atoms with Crippen LogP contribution in [0.5, 0.6) is 11.8 Å². The van der Waals surface area contributed by atoms with Gasteiger partial charge in [0, 0.05) is 55.0 Å². The number of nitrogens with zero attached hydrogens (tertiary/aromatic N) is 8. The average molecular weight is 826 g/mol. The molecule has 54 heavy (non-hydrogen) atoms. The van der Waals surface area contributed by atoms with Gasteiger partial charge in [-0.3, -0.25) is 0 Å². The van der Waals surface area contributed by atoms with E-state index in [9.17, 15) is 9.59 Å². The van der Waals surface area contributed by atoms with Gasteiger partial charge in [0.05, 0.1) is 48.0 Å². The molecule has 0 saturated carbocycles. The number of halogens is 1. The van der Waals surface area contributed by atoms with Gasteiger partial charge in [0.15, 0.2) is 11.3 Å². The van der Waals surface area contributed by atoms with Crippen molar-refractivity contribution >= 4 is 50.7 Å². The van der Waals surface area contributed by atoms with E-state index in [0.717, 1.165) is 57.6 Å². The highest BCUT2D eigenvalue weighted by Crippen LogP contribution is 2.34. The minimum atomic E-state index is -0.502. The molecule has 2 aliphatic rings. The van der Waals surface area contributed by atoms with Crippen molar-refractivity contribution in [1.82, 2.24) is 39.0 Å². The fourth-order valence-electron chi connectivity index (χ4n) is 6.62. The van der Waals surface area contributed by atoms with Crippen molar-refractivity contribution in [3.05, 3.63) is 57.9 Å². The van der Waals surface area contributed by atoms with Crippen molar-refractivity contribution in [2.24, 2.45) is 0 Å². The van der Waals surface area contributed by atoms with Gasteiger partial charge in [0.1, 0.15) is 11.2 Å². The fraction of sp³-hybridized carbons (Fsp3) is 0.526. The van der Waals surface area contributed by atoms with Gasteiger partial charge in [-0.25, -0.2) is 19.6 Å². The molecular formula is C38H49BrN8O6S. The highest BCUT2D eigenvalue weighted by molar-refractivity contribution is 9.10. The summed E-state index contributed by atoms with van der Waals surface area (Å²) in [4.78, 5) is 39.3. The molecule has 14 nitrogen and oxygen atoms in total. The van der Waals surface area contributed by atoms with E-state index in [4.69, 9.17) is 28.9 Å². The highest BCUT2D eigenvalue weighted by atomic mass is 79.9. The normalized spacial score (nSPS) is 17.9. The van der Waals surface area contributed by atoms with Gasteiger partial charge in [-0.15, -0.1) is 11.3 Å². The Morgan fingerprint density at radius 3 is 1.76 bits per heavy atom. The lowest BCUT2D eigenvalue weighted by atomic mass is 9.94. The molecule has 16 heteroatoms. The lowest BCUT2D eigenvalue weighted by molar-refractivity contribution is 0.0187. The van der Waals surface area contributed by atoms with Crippen molar-refractivity contribution in [3.8, 4) is 22.2 Å². The summed E-state index contributed by atoms with van der Waals surface area (Å²) < 4.78 is 26.3. The monoisotopic (exact) mass is 824 g/mol. The Morgan fingerprint density at radius 1 is 0.778 bits per heavy atom. The van der Waals surface area contributed by atoms with Crippen molar-refractivity contribution < 1.29 is 28.5 Å². The van der Waals surface area contributed by atoms with E-state index in [0.29, 0.717) is 43.6 Å². The second kappa shape index (κ2) is 16.1. The molecule has 290 valence electrons. The van der Waals surface area contributed by atoms with E-state index >= 15 is 0 Å². The summed E-state index contributed by atoms with van der Waals surface area (Å²) in [6.07, 6.45) is 6.76. The fourth-order valence-corrected chi connectivity index (χ4v) is 7.70. The van der Waals surface area contributed by atoms with Crippen LogP contribution in [0.15, 0.2) is 46.5 Å². The van der Waals surface area contributed by atoms with Crippen LogP contribution in [0, 0.1) is 0 Å². The zero-order valence-electron chi connectivity index (χ0n) is 32.2. The second-order valence-corrected chi connectivity index (χ2v) is 17.3. The summed E-state index contributed by atoms with van der Waals surface area (Å²) in [7, 11) is 3.25. The van der Waals surface area contributed by atoms with E-state index < -0.39 is 11.2 Å². The van der Waals surface area contributed by atoms with Crippen LogP contribution >= 0.6 is 27.3 Å². The predicted octanol–water partition coefficient (Wildman–Crippen LogP) is 8.20. The lowest BCUT2D eigenvalue weighted by Crippen LogP contribution is -2.42. The maximum absolute atomic E-state index is 12.5. The van der Waals surface area contributed by atoms with Gasteiger partial charge < -0.3 is 28.7 Å². The Labute approximate surface area is 327 Å². The largest absolute Gasteiger partial charge is 0.481 e. The Hall–Kier alpha value is -4.44. The number of likely N-dealkylation sites (tertiary alicyclic amines) is 2. The molecule has 7 rings (SSSR count). The Kier molecular flexibility index (Phi) is 11.7. The number of carbonyl (C=O) groups is 2. The van der Waals surface area contributed by atoms with Crippen molar-refractivity contribution in [3.63, 3.8) is 0 Å². The van der Waals surface area contributed by atoms with Gasteiger partial charge in [0.25, 0.3) is 0 Å². The van der Waals surface area contributed by atoms with Crippen LogP contribution in [0.25, 0.3) is 21.7 Å². The molecule has 2 fully saturated rings. The van der Waals surface area contributed by atoms with E-state index in [1.54, 1.807) is 50.6 Å². The number of piperidine rings is 2. The lowest BCUT2D eigenvalue weighted by Gasteiger charge is -2.34. The van der Waals surface area contributed by atoms with Crippen molar-refractivity contribution in [2.75, 3.05) is 40.4 Å². The third kappa shape index (κ3) is 9.08.